The molecule has 0 aliphatic carbocycles. The van der Waals surface area contributed by atoms with Crippen LogP contribution in [0.1, 0.15) is 36.9 Å². The van der Waals surface area contributed by atoms with Crippen molar-refractivity contribution in [2.24, 2.45) is 0 Å². The fourth-order valence-corrected chi connectivity index (χ4v) is 2.04. The maximum Gasteiger partial charge on any atom is 0.0950 e. The van der Waals surface area contributed by atoms with Gasteiger partial charge in [0, 0.05) is 24.0 Å². The minimum absolute atomic E-state index is 0.365. The van der Waals surface area contributed by atoms with E-state index in [1.807, 2.05) is 30.8 Å². The molecule has 96 valence electrons. The second-order valence-electron chi connectivity index (χ2n) is 4.46. The van der Waals surface area contributed by atoms with Gasteiger partial charge in [0.25, 0.3) is 0 Å². The first-order valence-electron chi connectivity index (χ1n) is 6.54. The van der Waals surface area contributed by atoms with Crippen molar-refractivity contribution in [2.45, 2.75) is 32.2 Å². The van der Waals surface area contributed by atoms with E-state index >= 15 is 0 Å². The molecule has 1 atom stereocenters. The van der Waals surface area contributed by atoms with Gasteiger partial charge in [0.05, 0.1) is 12.5 Å². The Morgan fingerprint density at radius 2 is 2.33 bits per heavy atom. The molecule has 0 spiro atoms. The molecular formula is C15H20N2O. The predicted molar refractivity (Wildman–Crippen MR) is 72.3 cm³/mol. The predicted octanol–water partition coefficient (Wildman–Crippen LogP) is 3.35. The zero-order valence-corrected chi connectivity index (χ0v) is 10.8. The van der Waals surface area contributed by atoms with Crippen LogP contribution in [0.2, 0.25) is 0 Å². The van der Waals surface area contributed by atoms with Crippen molar-refractivity contribution in [2.75, 3.05) is 6.54 Å². The Balaban J connectivity index is 1.93. The lowest BCUT2D eigenvalue weighted by molar-refractivity contribution is 0.488. The number of aromatic nitrogens is 1. The smallest absolute Gasteiger partial charge is 0.0950 e. The first kappa shape index (κ1) is 12.8. The summed E-state index contributed by atoms with van der Waals surface area (Å²) in [7, 11) is 0. The van der Waals surface area contributed by atoms with Crippen LogP contribution in [0.4, 0.5) is 0 Å². The summed E-state index contributed by atoms with van der Waals surface area (Å²) in [5.74, 6) is 0. The molecule has 1 N–H and O–H groups in total. The highest BCUT2D eigenvalue weighted by atomic mass is 16.3. The van der Waals surface area contributed by atoms with Gasteiger partial charge in [0.2, 0.25) is 0 Å². The molecule has 0 aliphatic heterocycles. The summed E-state index contributed by atoms with van der Waals surface area (Å²) < 4.78 is 5.18. The number of hydrogen-bond acceptors (Lipinski definition) is 3. The number of nitrogens with one attached hydrogen (secondary N) is 1. The minimum Gasteiger partial charge on any atom is -0.472 e. The third kappa shape index (κ3) is 3.70. The monoisotopic (exact) mass is 244 g/mol. The van der Waals surface area contributed by atoms with Gasteiger partial charge in [0.1, 0.15) is 0 Å². The summed E-state index contributed by atoms with van der Waals surface area (Å²) >= 11 is 0. The zero-order valence-electron chi connectivity index (χ0n) is 10.8. The van der Waals surface area contributed by atoms with Crippen LogP contribution in [0.3, 0.4) is 0 Å². The van der Waals surface area contributed by atoms with Crippen molar-refractivity contribution in [1.82, 2.24) is 10.3 Å². The number of aryl methyl sites for hydroxylation is 1. The topological polar surface area (TPSA) is 38.1 Å². The van der Waals surface area contributed by atoms with Crippen molar-refractivity contribution in [3.05, 3.63) is 54.2 Å². The summed E-state index contributed by atoms with van der Waals surface area (Å²) in [6, 6.07) is 6.52. The van der Waals surface area contributed by atoms with Gasteiger partial charge in [-0.1, -0.05) is 13.0 Å². The van der Waals surface area contributed by atoms with E-state index in [4.69, 9.17) is 4.42 Å². The average molecular weight is 244 g/mol. The highest BCUT2D eigenvalue weighted by Crippen LogP contribution is 2.19. The maximum atomic E-state index is 5.18. The van der Waals surface area contributed by atoms with Crippen LogP contribution in [-0.4, -0.2) is 11.5 Å². The van der Waals surface area contributed by atoms with Crippen molar-refractivity contribution >= 4 is 0 Å². The van der Waals surface area contributed by atoms with Crippen molar-refractivity contribution in [3.63, 3.8) is 0 Å². The number of rotatable bonds is 7. The summed E-state index contributed by atoms with van der Waals surface area (Å²) in [5.41, 5.74) is 2.51. The third-order valence-corrected chi connectivity index (χ3v) is 3.03. The standard InChI is InChI=1S/C15H20N2O/c1-2-8-17-15(14-7-10-18-12-14)6-5-13-4-3-9-16-11-13/h3-4,7,9-12,15,17H,2,5-6,8H2,1H3. The second kappa shape index (κ2) is 6.97. The summed E-state index contributed by atoms with van der Waals surface area (Å²) in [4.78, 5) is 4.15. The number of hydrogen-bond donors (Lipinski definition) is 1. The molecule has 3 heteroatoms. The SMILES string of the molecule is CCCNC(CCc1cccnc1)c1ccoc1. The Hall–Kier alpha value is -1.61. The van der Waals surface area contributed by atoms with Crippen LogP contribution in [0, 0.1) is 0 Å². The molecule has 0 amide bonds. The van der Waals surface area contributed by atoms with E-state index in [2.05, 4.69) is 23.3 Å². The Labute approximate surface area is 108 Å². The zero-order chi connectivity index (χ0) is 12.6. The van der Waals surface area contributed by atoms with Crippen molar-refractivity contribution in [3.8, 4) is 0 Å². The molecule has 2 aromatic heterocycles. The molecule has 0 radical (unpaired) electrons. The van der Waals surface area contributed by atoms with Gasteiger partial charge in [-0.3, -0.25) is 4.98 Å². The Kier molecular flexibility index (Phi) is 4.97. The molecule has 2 rings (SSSR count). The van der Waals surface area contributed by atoms with Gasteiger partial charge in [-0.2, -0.15) is 0 Å². The van der Waals surface area contributed by atoms with Gasteiger partial charge in [-0.15, -0.1) is 0 Å². The molecule has 1 unspecified atom stereocenters. The molecule has 2 aromatic rings. The van der Waals surface area contributed by atoms with Gasteiger partial charge >= 0.3 is 0 Å². The molecule has 0 bridgehead atoms. The lowest BCUT2D eigenvalue weighted by atomic mass is 10.0. The quantitative estimate of drug-likeness (QED) is 0.811. The maximum absolute atomic E-state index is 5.18. The van der Waals surface area contributed by atoms with Crippen LogP contribution in [0.5, 0.6) is 0 Å². The largest absolute Gasteiger partial charge is 0.472 e. The molecule has 0 saturated carbocycles. The van der Waals surface area contributed by atoms with Crippen molar-refractivity contribution in [1.29, 1.82) is 0 Å². The lowest BCUT2D eigenvalue weighted by Crippen LogP contribution is -2.22. The second-order valence-corrected chi connectivity index (χ2v) is 4.46. The van der Waals surface area contributed by atoms with E-state index in [0.29, 0.717) is 6.04 Å². The van der Waals surface area contributed by atoms with E-state index in [1.54, 1.807) is 6.26 Å². The molecule has 18 heavy (non-hydrogen) atoms. The van der Waals surface area contributed by atoms with E-state index < -0.39 is 0 Å². The molecule has 0 saturated heterocycles. The Morgan fingerprint density at radius 3 is 3.00 bits per heavy atom. The summed E-state index contributed by atoms with van der Waals surface area (Å²) in [6.07, 6.45) is 10.5. The van der Waals surface area contributed by atoms with Crippen LogP contribution in [0.15, 0.2) is 47.5 Å². The number of nitrogens with zero attached hydrogens (tertiary/aromatic N) is 1. The van der Waals surface area contributed by atoms with Crippen LogP contribution < -0.4 is 5.32 Å². The molecule has 0 aromatic carbocycles. The van der Waals surface area contributed by atoms with Crippen molar-refractivity contribution < 1.29 is 4.42 Å². The highest BCUT2D eigenvalue weighted by molar-refractivity contribution is 5.14. The first-order chi connectivity index (χ1) is 8.90. The van der Waals surface area contributed by atoms with E-state index in [0.717, 1.165) is 25.8 Å². The van der Waals surface area contributed by atoms with Gasteiger partial charge in [-0.05, 0) is 43.5 Å². The van der Waals surface area contributed by atoms with Crippen LogP contribution in [-0.2, 0) is 6.42 Å². The highest BCUT2D eigenvalue weighted by Gasteiger charge is 2.11. The number of pyridine rings is 1. The van der Waals surface area contributed by atoms with Gasteiger partial charge in [0.15, 0.2) is 0 Å². The minimum atomic E-state index is 0.365. The van der Waals surface area contributed by atoms with E-state index in [-0.39, 0.29) is 0 Å². The fourth-order valence-electron chi connectivity index (χ4n) is 2.04. The van der Waals surface area contributed by atoms with E-state index in [9.17, 15) is 0 Å². The average Bonchev–Trinajstić information content (AvgIpc) is 2.94. The molecule has 0 fully saturated rings. The summed E-state index contributed by atoms with van der Waals surface area (Å²) in [5, 5.41) is 3.56. The Bertz CT molecular complexity index is 425. The summed E-state index contributed by atoms with van der Waals surface area (Å²) in [6.45, 7) is 3.21. The molecule has 0 aliphatic rings. The molecular weight excluding hydrogens is 224 g/mol. The van der Waals surface area contributed by atoms with E-state index in [1.165, 1.54) is 11.1 Å². The lowest BCUT2D eigenvalue weighted by Gasteiger charge is -2.16. The van der Waals surface area contributed by atoms with Crippen LogP contribution >= 0.6 is 0 Å². The third-order valence-electron chi connectivity index (χ3n) is 3.03. The van der Waals surface area contributed by atoms with Crippen LogP contribution in [0.25, 0.3) is 0 Å². The Morgan fingerprint density at radius 1 is 1.39 bits per heavy atom. The molecule has 2 heterocycles. The normalized spacial score (nSPS) is 12.5. The van der Waals surface area contributed by atoms with Gasteiger partial charge < -0.3 is 9.73 Å². The number of furan rings is 1. The first-order valence-corrected chi connectivity index (χ1v) is 6.54. The molecule has 3 nitrogen and oxygen atoms in total. The van der Waals surface area contributed by atoms with Gasteiger partial charge in [-0.25, -0.2) is 0 Å². The fraction of sp³-hybridized carbons (Fsp3) is 0.400.